The number of rotatable bonds is 6. The molecule has 0 heterocycles. The standard InChI is InChI=1S/C17H23N3O3S/c1-12-6-2-4-8-14(12)19-17(24)20-18-10-13-7-3-5-9-15(13)23-11-16(21)22/h3,5,7,9-10,12,14H,2,4,6,8,11H2,1H3,(H,21,22)(H2,19,20,24)/p-1/b18-10-/t12-,14+/m1/s1. The third-order valence-corrected chi connectivity index (χ3v) is 4.27. The van der Waals surface area contributed by atoms with Crippen LogP contribution in [0.15, 0.2) is 29.4 Å². The van der Waals surface area contributed by atoms with Crippen molar-refractivity contribution in [1.29, 1.82) is 0 Å². The van der Waals surface area contributed by atoms with E-state index in [2.05, 4.69) is 22.8 Å². The number of ether oxygens (including phenoxy) is 1. The Bertz CT molecular complexity index is 606. The first-order chi connectivity index (χ1) is 11.6. The second-order valence-corrected chi connectivity index (χ2v) is 6.32. The largest absolute Gasteiger partial charge is 0.546 e. The highest BCUT2D eigenvalue weighted by Crippen LogP contribution is 2.23. The maximum absolute atomic E-state index is 10.5. The molecule has 0 saturated heterocycles. The zero-order valence-electron chi connectivity index (χ0n) is 13.7. The number of benzene rings is 1. The van der Waals surface area contributed by atoms with Gasteiger partial charge in [0, 0.05) is 11.6 Å². The molecule has 1 fully saturated rings. The Morgan fingerprint density at radius 2 is 2.17 bits per heavy atom. The first-order valence-corrected chi connectivity index (χ1v) is 8.48. The van der Waals surface area contributed by atoms with Gasteiger partial charge >= 0.3 is 0 Å². The summed E-state index contributed by atoms with van der Waals surface area (Å²) >= 11 is 5.27. The molecular formula is C17H22N3O3S-. The minimum Gasteiger partial charge on any atom is -0.546 e. The summed E-state index contributed by atoms with van der Waals surface area (Å²) in [7, 11) is 0. The average molecular weight is 348 g/mol. The molecule has 6 nitrogen and oxygen atoms in total. The highest BCUT2D eigenvalue weighted by molar-refractivity contribution is 7.80. The highest BCUT2D eigenvalue weighted by Gasteiger charge is 2.21. The number of para-hydroxylation sites is 1. The number of carboxylic acid groups (broad SMARTS) is 1. The number of nitrogens with one attached hydrogen (secondary N) is 2. The second kappa shape index (κ2) is 9.22. The molecule has 0 aromatic heterocycles. The quantitative estimate of drug-likeness (QED) is 0.456. The van der Waals surface area contributed by atoms with Crippen LogP contribution in [0.2, 0.25) is 0 Å². The van der Waals surface area contributed by atoms with Gasteiger partial charge in [0.05, 0.1) is 12.2 Å². The molecule has 0 spiro atoms. The first-order valence-electron chi connectivity index (χ1n) is 8.07. The van der Waals surface area contributed by atoms with Crippen LogP contribution in [-0.4, -0.2) is 29.9 Å². The summed E-state index contributed by atoms with van der Waals surface area (Å²) in [4.78, 5) is 10.5. The lowest BCUT2D eigenvalue weighted by molar-refractivity contribution is -0.307. The summed E-state index contributed by atoms with van der Waals surface area (Å²) < 4.78 is 5.16. The van der Waals surface area contributed by atoms with Gasteiger partial charge in [-0.1, -0.05) is 31.9 Å². The number of aliphatic carboxylic acids is 1. The van der Waals surface area contributed by atoms with Crippen molar-refractivity contribution in [2.45, 2.75) is 38.6 Å². The summed E-state index contributed by atoms with van der Waals surface area (Å²) in [5, 5.41) is 18.4. The summed E-state index contributed by atoms with van der Waals surface area (Å²) in [6, 6.07) is 7.40. The fourth-order valence-electron chi connectivity index (χ4n) is 2.75. The molecule has 2 N–H and O–H groups in total. The molecule has 1 aromatic carbocycles. The van der Waals surface area contributed by atoms with E-state index in [9.17, 15) is 9.90 Å². The van der Waals surface area contributed by atoms with E-state index in [-0.39, 0.29) is 0 Å². The number of hydrogen-bond acceptors (Lipinski definition) is 5. The van der Waals surface area contributed by atoms with Gasteiger partial charge in [-0.05, 0) is 43.1 Å². The summed E-state index contributed by atoms with van der Waals surface area (Å²) in [6.45, 7) is 1.73. The molecule has 0 radical (unpaired) electrons. The smallest absolute Gasteiger partial charge is 0.187 e. The van der Waals surface area contributed by atoms with E-state index < -0.39 is 12.6 Å². The molecule has 0 aliphatic heterocycles. The van der Waals surface area contributed by atoms with E-state index in [1.165, 1.54) is 19.3 Å². The fourth-order valence-corrected chi connectivity index (χ4v) is 2.95. The van der Waals surface area contributed by atoms with Crippen molar-refractivity contribution in [2.24, 2.45) is 11.0 Å². The van der Waals surface area contributed by atoms with Crippen LogP contribution in [0.5, 0.6) is 5.75 Å². The van der Waals surface area contributed by atoms with Gasteiger partial charge in [-0.3, -0.25) is 5.43 Å². The number of thiocarbonyl (C=S) groups is 1. The molecule has 0 amide bonds. The van der Waals surface area contributed by atoms with Crippen molar-refractivity contribution in [3.8, 4) is 5.75 Å². The zero-order valence-corrected chi connectivity index (χ0v) is 14.5. The predicted molar refractivity (Wildman–Crippen MR) is 94.8 cm³/mol. The van der Waals surface area contributed by atoms with Crippen molar-refractivity contribution in [1.82, 2.24) is 10.7 Å². The summed E-state index contributed by atoms with van der Waals surface area (Å²) in [5.74, 6) is -0.250. The van der Waals surface area contributed by atoms with E-state index in [4.69, 9.17) is 17.0 Å². The SMILES string of the molecule is C[C@@H]1CCCC[C@@H]1NC(=S)N/N=C\c1ccccc1OCC(=O)[O-]. The summed E-state index contributed by atoms with van der Waals surface area (Å²) in [5.41, 5.74) is 3.45. The minimum atomic E-state index is -1.27. The Kier molecular flexibility index (Phi) is 6.99. The van der Waals surface area contributed by atoms with Gasteiger partial charge in [-0.25, -0.2) is 0 Å². The van der Waals surface area contributed by atoms with E-state index in [1.807, 2.05) is 6.07 Å². The van der Waals surface area contributed by atoms with E-state index >= 15 is 0 Å². The Morgan fingerprint density at radius 3 is 2.92 bits per heavy atom. The Labute approximate surface area is 147 Å². The van der Waals surface area contributed by atoms with Crippen LogP contribution in [0.1, 0.15) is 38.2 Å². The molecule has 7 heteroatoms. The Hall–Kier alpha value is -2.15. The minimum absolute atomic E-state index is 0.382. The van der Waals surface area contributed by atoms with Crippen LogP contribution in [0.25, 0.3) is 0 Å². The molecule has 2 atom stereocenters. The number of carboxylic acids is 1. The van der Waals surface area contributed by atoms with Crippen molar-refractivity contribution < 1.29 is 14.6 Å². The first kappa shape index (κ1) is 18.2. The lowest BCUT2D eigenvalue weighted by atomic mass is 9.86. The number of carbonyl (C=O) groups is 1. The Balaban J connectivity index is 1.86. The molecule has 130 valence electrons. The van der Waals surface area contributed by atoms with Crippen LogP contribution < -0.4 is 20.6 Å². The molecule has 2 rings (SSSR count). The van der Waals surface area contributed by atoms with E-state index in [0.717, 1.165) is 6.42 Å². The molecule has 0 unspecified atom stereocenters. The molecule has 24 heavy (non-hydrogen) atoms. The maximum Gasteiger partial charge on any atom is 0.187 e. The zero-order chi connectivity index (χ0) is 17.4. The number of hydrogen-bond donors (Lipinski definition) is 2. The normalized spacial score (nSPS) is 20.5. The van der Waals surface area contributed by atoms with E-state index in [1.54, 1.807) is 24.4 Å². The van der Waals surface area contributed by atoms with Gasteiger partial charge in [-0.15, -0.1) is 0 Å². The predicted octanol–water partition coefficient (Wildman–Crippen LogP) is 1.19. The van der Waals surface area contributed by atoms with Crippen LogP contribution in [0.3, 0.4) is 0 Å². The third kappa shape index (κ3) is 5.81. The maximum atomic E-state index is 10.5. The van der Waals surface area contributed by atoms with Gasteiger partial charge in [0.25, 0.3) is 0 Å². The van der Waals surface area contributed by atoms with Gasteiger partial charge < -0.3 is 20.0 Å². The van der Waals surface area contributed by atoms with Gasteiger partial charge in [-0.2, -0.15) is 5.10 Å². The molecule has 1 saturated carbocycles. The second-order valence-electron chi connectivity index (χ2n) is 5.91. The van der Waals surface area contributed by atoms with Crippen LogP contribution in [0.4, 0.5) is 0 Å². The lowest BCUT2D eigenvalue weighted by Gasteiger charge is -2.30. The third-order valence-electron chi connectivity index (χ3n) is 4.06. The lowest BCUT2D eigenvalue weighted by Crippen LogP contribution is -2.44. The monoisotopic (exact) mass is 348 g/mol. The van der Waals surface area contributed by atoms with Crippen LogP contribution in [-0.2, 0) is 4.79 Å². The number of hydrazone groups is 1. The average Bonchev–Trinajstić information content (AvgIpc) is 2.56. The topological polar surface area (TPSA) is 85.8 Å². The highest BCUT2D eigenvalue weighted by atomic mass is 32.1. The molecule has 1 aliphatic carbocycles. The van der Waals surface area contributed by atoms with Crippen LogP contribution in [0, 0.1) is 5.92 Å². The van der Waals surface area contributed by atoms with Gasteiger partial charge in [0.2, 0.25) is 0 Å². The molecule has 0 bridgehead atoms. The van der Waals surface area contributed by atoms with Gasteiger partial charge in [0.1, 0.15) is 12.4 Å². The van der Waals surface area contributed by atoms with Crippen molar-refractivity contribution in [2.75, 3.05) is 6.61 Å². The fraction of sp³-hybridized carbons (Fsp3) is 0.471. The number of carbonyl (C=O) groups excluding carboxylic acids is 1. The van der Waals surface area contributed by atoms with Crippen molar-refractivity contribution in [3.05, 3.63) is 29.8 Å². The van der Waals surface area contributed by atoms with Crippen molar-refractivity contribution >= 4 is 29.5 Å². The summed E-state index contributed by atoms with van der Waals surface area (Å²) in [6.07, 6.45) is 6.37. The van der Waals surface area contributed by atoms with Crippen LogP contribution >= 0.6 is 12.2 Å². The van der Waals surface area contributed by atoms with Gasteiger partial charge in [0.15, 0.2) is 5.11 Å². The number of nitrogens with zero attached hydrogens (tertiary/aromatic N) is 1. The molecule has 1 aromatic rings. The Morgan fingerprint density at radius 1 is 1.42 bits per heavy atom. The van der Waals surface area contributed by atoms with Crippen molar-refractivity contribution in [3.63, 3.8) is 0 Å². The molecular weight excluding hydrogens is 326 g/mol. The molecule has 1 aliphatic rings. The van der Waals surface area contributed by atoms with E-state index in [0.29, 0.717) is 28.4 Å².